The summed E-state index contributed by atoms with van der Waals surface area (Å²) in [5, 5.41) is 4.68. The molecule has 0 aliphatic carbocycles. The first-order valence-corrected chi connectivity index (χ1v) is 9.54. The number of pyridine rings is 1. The molecular weight excluding hydrogens is 350 g/mol. The van der Waals surface area contributed by atoms with Crippen LogP contribution in [0.1, 0.15) is 30.6 Å². The van der Waals surface area contributed by atoms with Gasteiger partial charge in [-0.1, -0.05) is 32.0 Å². The third-order valence-corrected chi connectivity index (χ3v) is 4.90. The van der Waals surface area contributed by atoms with Gasteiger partial charge in [0.15, 0.2) is 0 Å². The molecule has 0 radical (unpaired) electrons. The molecule has 6 nitrogen and oxygen atoms in total. The molecule has 28 heavy (non-hydrogen) atoms. The highest BCUT2D eigenvalue weighted by molar-refractivity contribution is 5.99. The standard InChI is InChI=1S/C22H27N5O/c1-16(2)20(23)11-13-26(3)22(28)19-15-27(18-9-5-4-6-10-18)25-21(19)17-8-7-12-24-14-17/h4-10,12,14-16,20H,11,13,23H2,1-3H3. The lowest BCUT2D eigenvalue weighted by Crippen LogP contribution is -2.34. The molecule has 0 saturated carbocycles. The van der Waals surface area contributed by atoms with Crippen LogP contribution in [-0.2, 0) is 0 Å². The molecule has 0 bridgehead atoms. The number of amides is 1. The van der Waals surface area contributed by atoms with Crippen molar-refractivity contribution in [3.63, 3.8) is 0 Å². The average Bonchev–Trinajstić information content (AvgIpc) is 3.17. The van der Waals surface area contributed by atoms with E-state index >= 15 is 0 Å². The summed E-state index contributed by atoms with van der Waals surface area (Å²) in [6.45, 7) is 4.79. The van der Waals surface area contributed by atoms with Gasteiger partial charge in [-0.25, -0.2) is 4.68 Å². The number of hydrogen-bond acceptors (Lipinski definition) is 4. The molecule has 2 N–H and O–H groups in total. The number of carbonyl (C=O) groups is 1. The first-order valence-electron chi connectivity index (χ1n) is 9.54. The lowest BCUT2D eigenvalue weighted by atomic mass is 10.0. The predicted molar refractivity (Wildman–Crippen MR) is 111 cm³/mol. The fraction of sp³-hybridized carbons (Fsp3) is 0.318. The molecule has 3 rings (SSSR count). The Bertz CT molecular complexity index is 905. The Morgan fingerprint density at radius 1 is 1.18 bits per heavy atom. The molecule has 0 saturated heterocycles. The van der Waals surface area contributed by atoms with Gasteiger partial charge in [-0.2, -0.15) is 5.10 Å². The van der Waals surface area contributed by atoms with Gasteiger partial charge < -0.3 is 10.6 Å². The molecule has 0 aliphatic heterocycles. The van der Waals surface area contributed by atoms with Crippen molar-refractivity contribution >= 4 is 5.91 Å². The van der Waals surface area contributed by atoms with Crippen LogP contribution in [0.25, 0.3) is 16.9 Å². The van der Waals surface area contributed by atoms with Crippen molar-refractivity contribution in [3.8, 4) is 16.9 Å². The van der Waals surface area contributed by atoms with Crippen molar-refractivity contribution < 1.29 is 4.79 Å². The van der Waals surface area contributed by atoms with Gasteiger partial charge in [0.25, 0.3) is 5.91 Å². The second-order valence-electron chi connectivity index (χ2n) is 7.34. The summed E-state index contributed by atoms with van der Waals surface area (Å²) in [5.74, 6) is 0.312. The zero-order valence-corrected chi connectivity index (χ0v) is 16.6. The van der Waals surface area contributed by atoms with Crippen molar-refractivity contribution in [1.82, 2.24) is 19.7 Å². The van der Waals surface area contributed by atoms with Crippen molar-refractivity contribution in [1.29, 1.82) is 0 Å². The maximum atomic E-state index is 13.2. The lowest BCUT2D eigenvalue weighted by Gasteiger charge is -2.21. The van der Waals surface area contributed by atoms with Gasteiger partial charge in [0.1, 0.15) is 5.69 Å². The molecule has 1 amide bonds. The number of benzene rings is 1. The Balaban J connectivity index is 1.92. The van der Waals surface area contributed by atoms with Gasteiger partial charge in [0.05, 0.1) is 11.3 Å². The molecule has 1 unspecified atom stereocenters. The number of para-hydroxylation sites is 1. The first kappa shape index (κ1) is 19.8. The van der Waals surface area contributed by atoms with Crippen LogP contribution >= 0.6 is 0 Å². The number of hydrogen-bond donors (Lipinski definition) is 1. The zero-order valence-electron chi connectivity index (χ0n) is 16.6. The van der Waals surface area contributed by atoms with E-state index in [9.17, 15) is 4.79 Å². The van der Waals surface area contributed by atoms with Crippen LogP contribution in [0.5, 0.6) is 0 Å². The Hall–Kier alpha value is -2.99. The first-order chi connectivity index (χ1) is 13.5. The Morgan fingerprint density at radius 3 is 2.57 bits per heavy atom. The fourth-order valence-corrected chi connectivity index (χ4v) is 2.94. The highest BCUT2D eigenvalue weighted by Crippen LogP contribution is 2.24. The summed E-state index contributed by atoms with van der Waals surface area (Å²) in [6.07, 6.45) is 5.98. The van der Waals surface area contributed by atoms with Crippen LogP contribution in [0.3, 0.4) is 0 Å². The largest absolute Gasteiger partial charge is 0.342 e. The number of aromatic nitrogens is 3. The van der Waals surface area contributed by atoms with Gasteiger partial charge >= 0.3 is 0 Å². The molecule has 3 aromatic rings. The molecule has 1 atom stereocenters. The summed E-state index contributed by atoms with van der Waals surface area (Å²) >= 11 is 0. The molecular formula is C22H27N5O. The summed E-state index contributed by atoms with van der Waals surface area (Å²) in [4.78, 5) is 19.1. The van der Waals surface area contributed by atoms with Crippen LogP contribution in [0, 0.1) is 5.92 Å². The van der Waals surface area contributed by atoms with Crippen LogP contribution in [-0.4, -0.2) is 45.2 Å². The van der Waals surface area contributed by atoms with E-state index in [0.717, 1.165) is 17.7 Å². The molecule has 6 heteroatoms. The quantitative estimate of drug-likeness (QED) is 0.685. The minimum atomic E-state index is -0.0722. The summed E-state index contributed by atoms with van der Waals surface area (Å²) in [6, 6.07) is 13.6. The minimum Gasteiger partial charge on any atom is -0.342 e. The van der Waals surface area contributed by atoms with E-state index < -0.39 is 0 Å². The fourth-order valence-electron chi connectivity index (χ4n) is 2.94. The molecule has 2 heterocycles. The minimum absolute atomic E-state index is 0.0695. The maximum Gasteiger partial charge on any atom is 0.257 e. The van der Waals surface area contributed by atoms with E-state index in [2.05, 4.69) is 23.9 Å². The van der Waals surface area contributed by atoms with E-state index in [0.29, 0.717) is 23.7 Å². The van der Waals surface area contributed by atoms with Crippen LogP contribution in [0.4, 0.5) is 0 Å². The highest BCUT2D eigenvalue weighted by Gasteiger charge is 2.22. The molecule has 1 aromatic carbocycles. The second-order valence-corrected chi connectivity index (χ2v) is 7.34. The van der Waals surface area contributed by atoms with Gasteiger partial charge in [0.2, 0.25) is 0 Å². The van der Waals surface area contributed by atoms with E-state index in [-0.39, 0.29) is 11.9 Å². The van der Waals surface area contributed by atoms with Crippen LogP contribution < -0.4 is 5.73 Å². The average molecular weight is 377 g/mol. The third-order valence-electron chi connectivity index (χ3n) is 4.90. The summed E-state index contributed by atoms with van der Waals surface area (Å²) in [7, 11) is 1.81. The second kappa shape index (κ2) is 8.80. The summed E-state index contributed by atoms with van der Waals surface area (Å²) < 4.78 is 1.74. The molecule has 0 spiro atoms. The number of rotatable bonds is 7. The predicted octanol–water partition coefficient (Wildman–Crippen LogP) is 3.38. The smallest absolute Gasteiger partial charge is 0.257 e. The molecule has 146 valence electrons. The zero-order chi connectivity index (χ0) is 20.1. The van der Waals surface area contributed by atoms with Gasteiger partial charge in [-0.3, -0.25) is 9.78 Å². The highest BCUT2D eigenvalue weighted by atomic mass is 16.2. The van der Waals surface area contributed by atoms with Gasteiger partial charge in [-0.05, 0) is 36.6 Å². The number of nitrogens with zero attached hydrogens (tertiary/aromatic N) is 4. The van der Waals surface area contributed by atoms with Crippen molar-refractivity contribution in [3.05, 3.63) is 66.6 Å². The Morgan fingerprint density at radius 2 is 1.93 bits per heavy atom. The van der Waals surface area contributed by atoms with Crippen molar-refractivity contribution in [2.75, 3.05) is 13.6 Å². The third kappa shape index (κ3) is 4.46. The number of nitrogens with two attached hydrogens (primary N) is 1. The van der Waals surface area contributed by atoms with Crippen molar-refractivity contribution in [2.45, 2.75) is 26.3 Å². The monoisotopic (exact) mass is 377 g/mol. The molecule has 2 aromatic heterocycles. The van der Waals surface area contributed by atoms with Crippen LogP contribution in [0.15, 0.2) is 61.1 Å². The van der Waals surface area contributed by atoms with Gasteiger partial charge in [-0.15, -0.1) is 0 Å². The van der Waals surface area contributed by atoms with Crippen molar-refractivity contribution in [2.24, 2.45) is 11.7 Å². The van der Waals surface area contributed by atoms with E-state index in [4.69, 9.17) is 5.73 Å². The van der Waals surface area contributed by atoms with Crippen LogP contribution in [0.2, 0.25) is 0 Å². The normalized spacial score (nSPS) is 12.2. The molecule has 0 aliphatic rings. The Labute approximate surface area is 166 Å². The maximum absolute atomic E-state index is 13.2. The van der Waals surface area contributed by atoms with E-state index in [1.807, 2.05) is 49.5 Å². The lowest BCUT2D eigenvalue weighted by molar-refractivity contribution is 0.0790. The number of carbonyl (C=O) groups excluding carboxylic acids is 1. The molecule has 0 fully saturated rings. The van der Waals surface area contributed by atoms with E-state index in [1.54, 1.807) is 28.2 Å². The van der Waals surface area contributed by atoms with E-state index in [1.165, 1.54) is 0 Å². The topological polar surface area (TPSA) is 77.0 Å². The summed E-state index contributed by atoms with van der Waals surface area (Å²) in [5.41, 5.74) is 9.03. The van der Waals surface area contributed by atoms with Gasteiger partial charge in [0, 0.05) is 43.8 Å². The SMILES string of the molecule is CC(C)C(N)CCN(C)C(=O)c1cn(-c2ccccc2)nc1-c1cccnc1. The Kier molecular flexibility index (Phi) is 6.21.